The Kier molecular flexibility index (Phi) is 4.48. The molecule has 0 bridgehead atoms. The van der Waals surface area contributed by atoms with Gasteiger partial charge < -0.3 is 15.7 Å². The van der Waals surface area contributed by atoms with E-state index in [0.29, 0.717) is 23.5 Å². The lowest BCUT2D eigenvalue weighted by atomic mass is 9.45. The lowest BCUT2D eigenvalue weighted by Gasteiger charge is -2.60. The van der Waals surface area contributed by atoms with E-state index in [1.165, 1.54) is 0 Å². The molecule has 0 spiro atoms. The summed E-state index contributed by atoms with van der Waals surface area (Å²) < 4.78 is 0. The van der Waals surface area contributed by atoms with Crippen LogP contribution in [0.1, 0.15) is 53.4 Å². The number of carbonyl (C=O) groups excluding carboxylic acids is 2. The largest absolute Gasteiger partial charge is 0.508 e. The molecule has 152 valence electrons. The predicted octanol–water partition coefficient (Wildman–Crippen LogP) is 3.60. The lowest BCUT2D eigenvalue weighted by molar-refractivity contribution is -0.124. The number of rotatable bonds is 2. The van der Waals surface area contributed by atoms with Crippen LogP contribution in [0, 0.1) is 34.5 Å². The summed E-state index contributed by atoms with van der Waals surface area (Å²) in [6.07, 6.45) is 12.1. The zero-order valence-electron chi connectivity index (χ0n) is 17.3. The van der Waals surface area contributed by atoms with Gasteiger partial charge in [-0.1, -0.05) is 26.0 Å². The first-order chi connectivity index (χ1) is 13.1. The third kappa shape index (κ3) is 2.82. The van der Waals surface area contributed by atoms with Crippen LogP contribution in [0.15, 0.2) is 35.8 Å². The fourth-order valence-corrected chi connectivity index (χ4v) is 6.84. The van der Waals surface area contributed by atoms with E-state index in [-0.39, 0.29) is 34.6 Å². The lowest BCUT2D eigenvalue weighted by Crippen LogP contribution is -2.60. The highest BCUT2D eigenvalue weighted by Gasteiger charge is 2.60. The van der Waals surface area contributed by atoms with E-state index in [1.807, 2.05) is 12.2 Å². The number of allylic oxidation sites excluding steroid dienone is 5. The molecule has 3 N–H and O–H groups in total. The number of nitrogens with one attached hydrogen (secondary N) is 2. The number of hydrogen-bond donors (Lipinski definition) is 3. The number of carbonyl (C=O) groups is 2. The first-order valence-corrected chi connectivity index (χ1v) is 10.5. The fourth-order valence-electron chi connectivity index (χ4n) is 6.84. The summed E-state index contributed by atoms with van der Waals surface area (Å²) in [5.74, 6) is 1.74. The average molecular weight is 385 g/mol. The Balaban J connectivity index is 1.71. The predicted molar refractivity (Wildman–Crippen MR) is 108 cm³/mol. The molecule has 0 aromatic rings. The van der Waals surface area contributed by atoms with Gasteiger partial charge in [-0.15, -0.1) is 0 Å². The molecule has 5 nitrogen and oxygen atoms in total. The summed E-state index contributed by atoms with van der Waals surface area (Å²) in [5.41, 5.74) is 1.00. The third-order valence-corrected chi connectivity index (χ3v) is 8.17. The number of amides is 2. The molecular weight excluding hydrogens is 352 g/mol. The van der Waals surface area contributed by atoms with Gasteiger partial charge in [-0.25, -0.2) is 0 Å². The van der Waals surface area contributed by atoms with Gasteiger partial charge in [0.2, 0.25) is 11.8 Å². The van der Waals surface area contributed by atoms with Crippen molar-refractivity contribution in [2.75, 3.05) is 0 Å². The molecule has 0 aromatic carbocycles. The number of aliphatic hydroxyl groups excluding tert-OH is 1. The van der Waals surface area contributed by atoms with E-state index < -0.39 is 0 Å². The maximum atomic E-state index is 12.0. The van der Waals surface area contributed by atoms with E-state index in [4.69, 9.17) is 0 Å². The SMILES string of the molecule is CC(=O)NC1=CC[C@H]2[C@@H]3[C@@H](NC(C)=O)CC4C=C(O)C=C[C@]4(C)[C@H]3CC[C@]12C. The van der Waals surface area contributed by atoms with Gasteiger partial charge in [0.25, 0.3) is 0 Å². The molecule has 28 heavy (non-hydrogen) atoms. The van der Waals surface area contributed by atoms with Gasteiger partial charge >= 0.3 is 0 Å². The van der Waals surface area contributed by atoms with Crippen LogP contribution in [-0.4, -0.2) is 23.0 Å². The Bertz CT molecular complexity index is 798. The van der Waals surface area contributed by atoms with Gasteiger partial charge in [-0.05, 0) is 66.9 Å². The first-order valence-electron chi connectivity index (χ1n) is 10.5. The summed E-state index contributed by atoms with van der Waals surface area (Å²) in [5, 5.41) is 16.4. The Hall–Kier alpha value is -2.04. The minimum Gasteiger partial charge on any atom is -0.508 e. The van der Waals surface area contributed by atoms with Crippen molar-refractivity contribution in [3.05, 3.63) is 35.8 Å². The Morgan fingerprint density at radius 1 is 1.18 bits per heavy atom. The van der Waals surface area contributed by atoms with E-state index in [1.54, 1.807) is 13.8 Å². The van der Waals surface area contributed by atoms with Crippen molar-refractivity contribution in [2.24, 2.45) is 34.5 Å². The maximum Gasteiger partial charge on any atom is 0.221 e. The smallest absolute Gasteiger partial charge is 0.221 e. The van der Waals surface area contributed by atoms with E-state index in [0.717, 1.165) is 31.4 Å². The molecule has 4 rings (SSSR count). The van der Waals surface area contributed by atoms with E-state index in [2.05, 4.69) is 36.6 Å². The van der Waals surface area contributed by atoms with Crippen LogP contribution in [0.5, 0.6) is 0 Å². The van der Waals surface area contributed by atoms with Gasteiger partial charge in [0, 0.05) is 31.0 Å². The molecule has 2 saturated carbocycles. The molecule has 2 fully saturated rings. The van der Waals surface area contributed by atoms with Crippen LogP contribution >= 0.6 is 0 Å². The molecule has 0 aromatic heterocycles. The van der Waals surface area contributed by atoms with Crippen LogP contribution in [0.2, 0.25) is 0 Å². The Morgan fingerprint density at radius 2 is 1.93 bits per heavy atom. The zero-order chi connectivity index (χ0) is 20.3. The second-order valence-electron chi connectivity index (χ2n) is 9.72. The highest BCUT2D eigenvalue weighted by Crippen LogP contribution is 2.64. The highest BCUT2D eigenvalue weighted by molar-refractivity contribution is 5.75. The van der Waals surface area contributed by atoms with Crippen molar-refractivity contribution >= 4 is 11.8 Å². The summed E-state index contributed by atoms with van der Waals surface area (Å²) in [4.78, 5) is 23.7. The molecule has 0 aliphatic heterocycles. The monoisotopic (exact) mass is 384 g/mol. The summed E-state index contributed by atoms with van der Waals surface area (Å²) in [6, 6.07) is 0.0887. The minimum absolute atomic E-state index is 0.00669. The number of hydrogen-bond acceptors (Lipinski definition) is 3. The van der Waals surface area contributed by atoms with Gasteiger partial charge in [0.1, 0.15) is 5.76 Å². The zero-order valence-corrected chi connectivity index (χ0v) is 17.3. The van der Waals surface area contributed by atoms with Crippen molar-refractivity contribution in [1.82, 2.24) is 10.6 Å². The molecule has 0 saturated heterocycles. The summed E-state index contributed by atoms with van der Waals surface area (Å²) >= 11 is 0. The first kappa shape index (κ1) is 19.3. The van der Waals surface area contributed by atoms with E-state index in [9.17, 15) is 14.7 Å². The summed E-state index contributed by atoms with van der Waals surface area (Å²) in [6.45, 7) is 7.76. The molecule has 0 radical (unpaired) electrons. The minimum atomic E-state index is -0.0525. The Labute approximate surface area is 167 Å². The fraction of sp³-hybridized carbons (Fsp3) is 0.652. The molecule has 2 amide bonds. The standard InChI is InChI=1S/C23H32N2O3/c1-13(26)24-19-12-15-11-16(28)7-9-22(15,3)18-8-10-23(4)17(21(18)19)5-6-20(23)25-14(2)27/h6-7,9,11,15,17-19,21,28H,5,8,10,12H2,1-4H3,(H,24,26)(H,25,27)/t15?,17-,18-,19-,21-,22-,23-/m0/s1. The van der Waals surface area contributed by atoms with Gasteiger partial charge in [0.15, 0.2) is 0 Å². The maximum absolute atomic E-state index is 12.0. The topological polar surface area (TPSA) is 78.4 Å². The number of fused-ring (bicyclic) bond motifs is 5. The van der Waals surface area contributed by atoms with Gasteiger partial charge in [0.05, 0.1) is 0 Å². The van der Waals surface area contributed by atoms with Crippen molar-refractivity contribution in [3.8, 4) is 0 Å². The highest BCUT2D eigenvalue weighted by atomic mass is 16.3. The molecule has 4 aliphatic rings. The Morgan fingerprint density at radius 3 is 2.61 bits per heavy atom. The molecular formula is C23H32N2O3. The van der Waals surface area contributed by atoms with Crippen molar-refractivity contribution in [3.63, 3.8) is 0 Å². The second kappa shape index (κ2) is 6.50. The summed E-state index contributed by atoms with van der Waals surface area (Å²) in [7, 11) is 0. The molecule has 5 heteroatoms. The van der Waals surface area contributed by atoms with E-state index >= 15 is 0 Å². The van der Waals surface area contributed by atoms with Crippen LogP contribution in [0.4, 0.5) is 0 Å². The number of aliphatic hydroxyl groups is 1. The van der Waals surface area contributed by atoms with Gasteiger partial charge in [-0.2, -0.15) is 0 Å². The van der Waals surface area contributed by atoms with Crippen LogP contribution in [0.3, 0.4) is 0 Å². The molecule has 7 atom stereocenters. The van der Waals surface area contributed by atoms with Crippen LogP contribution in [-0.2, 0) is 9.59 Å². The quantitative estimate of drug-likeness (QED) is 0.681. The third-order valence-electron chi connectivity index (χ3n) is 8.17. The van der Waals surface area contributed by atoms with Crippen molar-refractivity contribution in [2.45, 2.75) is 59.4 Å². The van der Waals surface area contributed by atoms with Crippen molar-refractivity contribution in [1.29, 1.82) is 0 Å². The van der Waals surface area contributed by atoms with Crippen LogP contribution in [0.25, 0.3) is 0 Å². The second-order valence-corrected chi connectivity index (χ2v) is 9.72. The van der Waals surface area contributed by atoms with Gasteiger partial charge in [-0.3, -0.25) is 9.59 Å². The van der Waals surface area contributed by atoms with Crippen LogP contribution < -0.4 is 10.6 Å². The molecule has 4 aliphatic carbocycles. The molecule has 0 heterocycles. The van der Waals surface area contributed by atoms with Crippen molar-refractivity contribution < 1.29 is 14.7 Å². The average Bonchev–Trinajstić information content (AvgIpc) is 2.92. The molecule has 1 unspecified atom stereocenters. The normalized spacial score (nSPS) is 43.8.